The lowest BCUT2D eigenvalue weighted by atomic mass is 9.95. The number of carboxylic acid groups (broad SMARTS) is 2. The summed E-state index contributed by atoms with van der Waals surface area (Å²) < 4.78 is 43.0. The Morgan fingerprint density at radius 3 is 2.35 bits per heavy atom. The van der Waals surface area contributed by atoms with Gasteiger partial charge in [-0.15, -0.1) is 0 Å². The molecule has 2 aromatic carbocycles. The fraction of sp³-hybridized carbons (Fsp3) is 0.407. The minimum atomic E-state index is -5.08. The van der Waals surface area contributed by atoms with Crippen LogP contribution in [0.5, 0.6) is 5.75 Å². The van der Waals surface area contributed by atoms with Gasteiger partial charge in [0, 0.05) is 36.9 Å². The Bertz CT molecular complexity index is 1190. The Morgan fingerprint density at radius 2 is 1.80 bits per heavy atom. The van der Waals surface area contributed by atoms with Crippen molar-refractivity contribution in [3.63, 3.8) is 0 Å². The summed E-state index contributed by atoms with van der Waals surface area (Å²) in [5, 5.41) is 23.9. The number of benzene rings is 2. The number of aliphatic carboxylic acids is 2. The molecular formula is C27H32F3N3O7. The zero-order chi connectivity index (χ0) is 29.9. The van der Waals surface area contributed by atoms with Crippen molar-refractivity contribution in [1.29, 1.82) is 5.41 Å². The summed E-state index contributed by atoms with van der Waals surface area (Å²) in [7, 11) is 0. The standard InChI is InChI=1S/C25H31N3O5.C2HF3O2/c1-2-32-13-3-4-20(15-23(29)30)28-12-11-19-14-21(9-10-22(19)25(28)31)33-16-17-5-7-18(8-6-17)24(26)27;3-2(4,5)1(6)7/h5-10,14,20H,2-4,11-13,15-16H2,1H3,(H3,26,27)(H,29,30);(H,6,7). The van der Waals surface area contributed by atoms with Crippen molar-refractivity contribution in [3.05, 3.63) is 64.7 Å². The number of halogens is 3. The van der Waals surface area contributed by atoms with Crippen molar-refractivity contribution in [2.45, 2.75) is 51.4 Å². The van der Waals surface area contributed by atoms with Gasteiger partial charge >= 0.3 is 18.1 Å². The van der Waals surface area contributed by atoms with Crippen LogP contribution in [0.3, 0.4) is 0 Å². The highest BCUT2D eigenvalue weighted by molar-refractivity contribution is 5.97. The third-order valence-electron chi connectivity index (χ3n) is 5.98. The Morgan fingerprint density at radius 1 is 1.15 bits per heavy atom. The van der Waals surface area contributed by atoms with Crippen LogP contribution in [0.2, 0.25) is 0 Å². The number of fused-ring (bicyclic) bond motifs is 1. The first kappa shape index (κ1) is 32.1. The maximum absolute atomic E-state index is 13.1. The number of ether oxygens (including phenoxy) is 2. The van der Waals surface area contributed by atoms with Gasteiger partial charge in [0.1, 0.15) is 18.2 Å². The molecule has 40 heavy (non-hydrogen) atoms. The molecular weight excluding hydrogens is 535 g/mol. The molecule has 13 heteroatoms. The Kier molecular flexibility index (Phi) is 11.9. The number of carbonyl (C=O) groups is 3. The zero-order valence-corrected chi connectivity index (χ0v) is 21.9. The van der Waals surface area contributed by atoms with Gasteiger partial charge in [-0.2, -0.15) is 13.2 Å². The van der Waals surface area contributed by atoms with Gasteiger partial charge in [-0.05, 0) is 55.5 Å². The van der Waals surface area contributed by atoms with E-state index in [4.69, 9.17) is 30.5 Å². The smallest absolute Gasteiger partial charge is 0.489 e. The minimum Gasteiger partial charge on any atom is -0.489 e. The maximum atomic E-state index is 13.1. The molecule has 0 bridgehead atoms. The number of carbonyl (C=O) groups excluding carboxylic acids is 1. The van der Waals surface area contributed by atoms with Crippen molar-refractivity contribution in [3.8, 4) is 5.75 Å². The number of hydrogen-bond donors (Lipinski definition) is 4. The van der Waals surface area contributed by atoms with Crippen molar-refractivity contribution >= 4 is 23.7 Å². The van der Waals surface area contributed by atoms with Gasteiger partial charge in [0.15, 0.2) is 0 Å². The molecule has 0 spiro atoms. The molecule has 0 radical (unpaired) electrons. The van der Waals surface area contributed by atoms with Crippen LogP contribution in [0, 0.1) is 5.41 Å². The molecule has 1 atom stereocenters. The first-order chi connectivity index (χ1) is 18.8. The molecule has 10 nitrogen and oxygen atoms in total. The molecule has 1 aliphatic rings. The van der Waals surface area contributed by atoms with E-state index < -0.39 is 18.1 Å². The molecule has 218 valence electrons. The average Bonchev–Trinajstić information content (AvgIpc) is 2.89. The third-order valence-corrected chi connectivity index (χ3v) is 5.98. The van der Waals surface area contributed by atoms with Crippen LogP contribution in [-0.4, -0.2) is 70.8 Å². The predicted molar refractivity (Wildman–Crippen MR) is 138 cm³/mol. The van der Waals surface area contributed by atoms with Crippen molar-refractivity contribution in [2.75, 3.05) is 19.8 Å². The lowest BCUT2D eigenvalue weighted by molar-refractivity contribution is -0.192. The van der Waals surface area contributed by atoms with Gasteiger partial charge in [0.2, 0.25) is 0 Å². The molecule has 1 amide bonds. The quantitative estimate of drug-likeness (QED) is 0.171. The summed E-state index contributed by atoms with van der Waals surface area (Å²) in [5.74, 6) is -3.10. The number of nitrogens with zero attached hydrogens (tertiary/aromatic N) is 1. The van der Waals surface area contributed by atoms with E-state index >= 15 is 0 Å². The van der Waals surface area contributed by atoms with Crippen LogP contribution < -0.4 is 10.5 Å². The lowest BCUT2D eigenvalue weighted by Crippen LogP contribution is -2.45. The molecule has 3 rings (SSSR count). The Labute approximate surface area is 229 Å². The van der Waals surface area contributed by atoms with E-state index in [1.807, 2.05) is 25.1 Å². The number of nitrogens with one attached hydrogen (secondary N) is 1. The number of amidine groups is 1. The lowest BCUT2D eigenvalue weighted by Gasteiger charge is -2.35. The second kappa shape index (κ2) is 14.9. The monoisotopic (exact) mass is 567 g/mol. The highest BCUT2D eigenvalue weighted by atomic mass is 19.4. The topological polar surface area (TPSA) is 163 Å². The molecule has 0 saturated heterocycles. The third kappa shape index (κ3) is 9.88. The molecule has 0 aliphatic carbocycles. The van der Waals surface area contributed by atoms with E-state index in [0.29, 0.717) is 62.5 Å². The first-order valence-corrected chi connectivity index (χ1v) is 12.4. The molecule has 1 unspecified atom stereocenters. The summed E-state index contributed by atoms with van der Waals surface area (Å²) in [5.41, 5.74) is 8.59. The van der Waals surface area contributed by atoms with Gasteiger partial charge in [0.25, 0.3) is 5.91 Å². The largest absolute Gasteiger partial charge is 0.490 e. The number of hydrogen-bond acceptors (Lipinski definition) is 6. The van der Waals surface area contributed by atoms with E-state index in [1.165, 1.54) is 0 Å². The Hall–Kier alpha value is -4.13. The molecule has 0 fully saturated rings. The average molecular weight is 568 g/mol. The molecule has 5 N–H and O–H groups in total. The highest BCUT2D eigenvalue weighted by Crippen LogP contribution is 2.27. The molecule has 0 saturated carbocycles. The van der Waals surface area contributed by atoms with Crippen LogP contribution in [0.25, 0.3) is 0 Å². The summed E-state index contributed by atoms with van der Waals surface area (Å²) in [6.07, 6.45) is -3.20. The first-order valence-electron chi connectivity index (χ1n) is 12.4. The van der Waals surface area contributed by atoms with Crippen LogP contribution in [0.1, 0.15) is 53.2 Å². The number of rotatable bonds is 12. The number of amides is 1. The number of nitrogens with two attached hydrogens (primary N) is 1. The highest BCUT2D eigenvalue weighted by Gasteiger charge is 2.38. The van der Waals surface area contributed by atoms with Gasteiger partial charge in [0.05, 0.1) is 6.42 Å². The summed E-state index contributed by atoms with van der Waals surface area (Å²) in [6, 6.07) is 12.4. The minimum absolute atomic E-state index is 0.0238. The van der Waals surface area contributed by atoms with Crippen LogP contribution in [0.4, 0.5) is 13.2 Å². The van der Waals surface area contributed by atoms with Gasteiger partial charge in [-0.25, -0.2) is 4.79 Å². The second-order valence-corrected chi connectivity index (χ2v) is 8.86. The van der Waals surface area contributed by atoms with E-state index in [9.17, 15) is 27.9 Å². The van der Waals surface area contributed by atoms with Gasteiger partial charge in [-0.3, -0.25) is 15.0 Å². The van der Waals surface area contributed by atoms with Crippen LogP contribution in [-0.2, 0) is 27.4 Å². The van der Waals surface area contributed by atoms with E-state index in [2.05, 4.69) is 0 Å². The SMILES string of the molecule is CCOCCCC(CC(=O)O)N1CCc2cc(OCc3ccc(C(=N)N)cc3)ccc2C1=O.O=C(O)C(F)(F)F. The summed E-state index contributed by atoms with van der Waals surface area (Å²) in [6.45, 7) is 3.94. The van der Waals surface area contributed by atoms with Crippen molar-refractivity contribution < 1.29 is 47.2 Å². The number of nitrogen functional groups attached to an aromatic ring is 1. The number of carboxylic acids is 2. The second-order valence-electron chi connectivity index (χ2n) is 8.86. The van der Waals surface area contributed by atoms with Gasteiger partial charge in [-0.1, -0.05) is 24.3 Å². The summed E-state index contributed by atoms with van der Waals surface area (Å²) >= 11 is 0. The molecule has 0 aromatic heterocycles. The molecule has 1 aliphatic heterocycles. The fourth-order valence-electron chi connectivity index (χ4n) is 4.00. The van der Waals surface area contributed by atoms with Crippen molar-refractivity contribution in [1.82, 2.24) is 4.90 Å². The predicted octanol–water partition coefficient (Wildman–Crippen LogP) is 3.84. The van der Waals surface area contributed by atoms with Crippen LogP contribution in [0.15, 0.2) is 42.5 Å². The Balaban J connectivity index is 0.000000708. The van der Waals surface area contributed by atoms with Crippen molar-refractivity contribution in [2.24, 2.45) is 5.73 Å². The normalized spacial score (nSPS) is 13.5. The van der Waals surface area contributed by atoms with Crippen LogP contribution >= 0.6 is 0 Å². The maximum Gasteiger partial charge on any atom is 0.490 e. The van der Waals surface area contributed by atoms with Gasteiger partial charge < -0.3 is 30.3 Å². The number of alkyl halides is 3. The fourth-order valence-corrected chi connectivity index (χ4v) is 4.00. The van der Waals surface area contributed by atoms with E-state index in [-0.39, 0.29) is 24.2 Å². The zero-order valence-electron chi connectivity index (χ0n) is 21.9. The molecule has 2 aromatic rings. The summed E-state index contributed by atoms with van der Waals surface area (Å²) in [4.78, 5) is 35.1. The molecule has 1 heterocycles. The van der Waals surface area contributed by atoms with E-state index in [1.54, 1.807) is 29.2 Å². The van der Waals surface area contributed by atoms with E-state index in [0.717, 1.165) is 11.1 Å².